The van der Waals surface area contributed by atoms with Gasteiger partial charge in [-0.15, -0.1) is 6.58 Å². The van der Waals surface area contributed by atoms with E-state index >= 15 is 0 Å². The zero-order chi connectivity index (χ0) is 52.3. The van der Waals surface area contributed by atoms with Crippen molar-refractivity contribution < 1.29 is 57.2 Å². The number of nitrogens with one attached hydrogen (secondary N) is 5. The molecule has 0 fully saturated rings. The Kier molecular flexibility index (Phi) is 29.4. The van der Waals surface area contributed by atoms with E-state index in [4.69, 9.17) is 28.4 Å². The van der Waals surface area contributed by atoms with Gasteiger partial charge in [-0.3, -0.25) is 4.79 Å². The van der Waals surface area contributed by atoms with Crippen LogP contribution in [0.3, 0.4) is 0 Å². The first-order valence-electron chi connectivity index (χ1n) is 23.7. The minimum absolute atomic E-state index is 0.0204. The van der Waals surface area contributed by atoms with Gasteiger partial charge in [-0.1, -0.05) is 18.2 Å². The van der Waals surface area contributed by atoms with Crippen LogP contribution in [0.5, 0.6) is 0 Å². The topological polar surface area (TPSA) is 218 Å². The smallest absolute Gasteiger partial charge is 0.407 e. The number of allylic oxidation sites excluding steroid dienone is 3. The highest BCUT2D eigenvalue weighted by molar-refractivity contribution is 5.70. The number of rotatable bonds is 22. The Morgan fingerprint density at radius 1 is 0.373 bits per heavy atom. The van der Waals surface area contributed by atoms with Crippen LogP contribution < -0.4 is 26.6 Å². The lowest BCUT2D eigenvalue weighted by Gasteiger charge is -2.22. The summed E-state index contributed by atoms with van der Waals surface area (Å²) < 4.78 is 31.8. The lowest BCUT2D eigenvalue weighted by molar-refractivity contribution is -0.155. The van der Waals surface area contributed by atoms with Crippen LogP contribution in [0, 0.1) is 17.8 Å². The fraction of sp³-hybridized carbons (Fsp3) is 0.800. The van der Waals surface area contributed by atoms with Crippen molar-refractivity contribution in [1.29, 1.82) is 0 Å². The van der Waals surface area contributed by atoms with Gasteiger partial charge in [0.2, 0.25) is 0 Å². The molecule has 0 spiro atoms. The molecule has 17 nitrogen and oxygen atoms in total. The normalized spacial score (nSPS) is 12.8. The fourth-order valence-corrected chi connectivity index (χ4v) is 5.64. The van der Waals surface area contributed by atoms with Crippen molar-refractivity contribution in [2.24, 2.45) is 17.8 Å². The highest BCUT2D eigenvalue weighted by Gasteiger charge is 2.22. The maximum atomic E-state index is 12.3. The van der Waals surface area contributed by atoms with E-state index in [0.29, 0.717) is 71.2 Å². The van der Waals surface area contributed by atoms with Gasteiger partial charge in [-0.25, -0.2) is 24.0 Å². The number of hydrogen-bond donors (Lipinski definition) is 5. The zero-order valence-corrected chi connectivity index (χ0v) is 44.8. The molecule has 0 aliphatic carbocycles. The minimum Gasteiger partial charge on any atom is -0.460 e. The highest BCUT2D eigenvalue weighted by atomic mass is 16.6. The fourth-order valence-electron chi connectivity index (χ4n) is 5.64. The molecule has 0 saturated carbocycles. The average Bonchev–Trinajstić information content (AvgIpc) is 3.08. The largest absolute Gasteiger partial charge is 0.460 e. The summed E-state index contributed by atoms with van der Waals surface area (Å²) >= 11 is 0. The molecule has 0 saturated heterocycles. The van der Waals surface area contributed by atoms with Crippen molar-refractivity contribution in [3.63, 3.8) is 0 Å². The maximum Gasteiger partial charge on any atom is 0.407 e. The monoisotopic (exact) mass is 956 g/mol. The van der Waals surface area contributed by atoms with E-state index in [9.17, 15) is 28.8 Å². The van der Waals surface area contributed by atoms with E-state index in [0.717, 1.165) is 12.8 Å². The first-order chi connectivity index (χ1) is 30.4. The highest BCUT2D eigenvalue weighted by Crippen LogP contribution is 2.20. The van der Waals surface area contributed by atoms with E-state index in [-0.39, 0.29) is 23.7 Å². The van der Waals surface area contributed by atoms with Crippen LogP contribution in [0.2, 0.25) is 0 Å². The Hall–Kier alpha value is -4.70. The zero-order valence-electron chi connectivity index (χ0n) is 44.8. The van der Waals surface area contributed by atoms with Crippen molar-refractivity contribution in [2.45, 2.75) is 210 Å². The number of esters is 1. The molecular weight excluding hydrogens is 863 g/mol. The molecule has 0 rings (SSSR count). The van der Waals surface area contributed by atoms with Crippen LogP contribution in [0.4, 0.5) is 24.0 Å². The predicted octanol–water partition coefficient (Wildman–Crippen LogP) is 10.6. The van der Waals surface area contributed by atoms with E-state index in [1.54, 1.807) is 41.5 Å². The third-order valence-corrected chi connectivity index (χ3v) is 8.28. The standard InChI is InChI=1S/C33H61N3O8.C17H32N2O4/c1-30(2,3)41-26(37)15-13-14-24(18-21-34-27(38)42-31(4,5)6)16-17-25(19-22-35-28(39)43-32(7,8)9)20-23-36-29(40)44-33(10,11)12;1-8-13(9-11-18-14(20)22-16(2,3)4)10-12-19-15(21)23-17(5,6)7/h16-17,24-25H,13-15,18-23H2,1-12H3,(H,34,38)(H,35,39)(H,36,40);8,13H,1,9-12H2,2-7H3,(H,18,20)(H,19,21)/b17-16+;. The van der Waals surface area contributed by atoms with Gasteiger partial charge in [0.25, 0.3) is 0 Å². The summed E-state index contributed by atoms with van der Waals surface area (Å²) in [5, 5.41) is 13.8. The Morgan fingerprint density at radius 2 is 0.597 bits per heavy atom. The molecule has 0 aliphatic rings. The molecule has 0 aromatic heterocycles. The summed E-state index contributed by atoms with van der Waals surface area (Å²) in [5.41, 5.74) is -3.33. The van der Waals surface area contributed by atoms with E-state index in [1.807, 2.05) is 89.2 Å². The molecule has 0 heterocycles. The van der Waals surface area contributed by atoms with Crippen LogP contribution in [0.15, 0.2) is 24.8 Å². The minimum atomic E-state index is -0.597. The molecule has 0 bridgehead atoms. The number of amides is 5. The van der Waals surface area contributed by atoms with Crippen molar-refractivity contribution >= 4 is 36.4 Å². The van der Waals surface area contributed by atoms with Gasteiger partial charge in [0.15, 0.2) is 0 Å². The number of hydrogen-bond acceptors (Lipinski definition) is 12. The number of carbonyl (C=O) groups is 6. The first-order valence-corrected chi connectivity index (χ1v) is 23.7. The second-order valence-corrected chi connectivity index (χ2v) is 22.5. The van der Waals surface area contributed by atoms with Crippen molar-refractivity contribution in [2.75, 3.05) is 32.7 Å². The lowest BCUT2D eigenvalue weighted by atomic mass is 9.93. The number of ether oxygens (including phenoxy) is 6. The summed E-state index contributed by atoms with van der Waals surface area (Å²) in [4.78, 5) is 71.8. The molecule has 5 N–H and O–H groups in total. The predicted molar refractivity (Wildman–Crippen MR) is 264 cm³/mol. The van der Waals surface area contributed by atoms with E-state index in [2.05, 4.69) is 45.3 Å². The van der Waals surface area contributed by atoms with Crippen LogP contribution in [-0.4, -0.2) is 103 Å². The van der Waals surface area contributed by atoms with Gasteiger partial charge in [0.05, 0.1) is 0 Å². The molecule has 390 valence electrons. The van der Waals surface area contributed by atoms with E-state index in [1.165, 1.54) is 0 Å². The van der Waals surface area contributed by atoms with Crippen LogP contribution in [0.25, 0.3) is 0 Å². The Labute approximate surface area is 404 Å². The summed E-state index contributed by atoms with van der Waals surface area (Å²) in [7, 11) is 0. The van der Waals surface area contributed by atoms with Crippen molar-refractivity contribution in [3.05, 3.63) is 24.8 Å². The average molecular weight is 956 g/mol. The summed E-state index contributed by atoms with van der Waals surface area (Å²) in [5.74, 6) is 0.0332. The third-order valence-electron chi connectivity index (χ3n) is 8.28. The third kappa shape index (κ3) is 46.2. The molecule has 0 aromatic rings. The van der Waals surface area contributed by atoms with Crippen molar-refractivity contribution in [1.82, 2.24) is 26.6 Å². The molecule has 5 amide bonds. The van der Waals surface area contributed by atoms with Crippen molar-refractivity contribution in [3.8, 4) is 0 Å². The molecule has 67 heavy (non-hydrogen) atoms. The van der Waals surface area contributed by atoms with Crippen LogP contribution in [-0.2, 0) is 33.2 Å². The maximum absolute atomic E-state index is 12.3. The Balaban J connectivity index is 0. The first kappa shape index (κ1) is 64.4. The Morgan fingerprint density at radius 3 is 0.821 bits per heavy atom. The summed E-state index contributed by atoms with van der Waals surface area (Å²) in [6.07, 6.45) is 8.69. The molecular formula is C50H93N5O12. The van der Waals surface area contributed by atoms with E-state index < -0.39 is 64.1 Å². The molecule has 17 heteroatoms. The second-order valence-electron chi connectivity index (χ2n) is 22.5. The molecule has 0 aromatic carbocycles. The number of alkyl carbamates (subject to hydrolysis) is 5. The van der Waals surface area contributed by atoms with Gasteiger partial charge in [-0.05, 0) is 187 Å². The van der Waals surface area contributed by atoms with Gasteiger partial charge in [-0.2, -0.15) is 0 Å². The summed E-state index contributed by atoms with van der Waals surface area (Å²) in [6.45, 7) is 38.7. The molecule has 1 atom stereocenters. The van der Waals surface area contributed by atoms with Gasteiger partial charge < -0.3 is 55.0 Å². The van der Waals surface area contributed by atoms with Crippen LogP contribution >= 0.6 is 0 Å². The molecule has 0 radical (unpaired) electrons. The molecule has 1 unspecified atom stereocenters. The molecule has 0 aliphatic heterocycles. The quantitative estimate of drug-likeness (QED) is 0.0389. The van der Waals surface area contributed by atoms with Gasteiger partial charge >= 0.3 is 36.4 Å². The van der Waals surface area contributed by atoms with Gasteiger partial charge in [0, 0.05) is 39.1 Å². The number of carbonyl (C=O) groups excluding carboxylic acids is 6. The van der Waals surface area contributed by atoms with Gasteiger partial charge in [0.1, 0.15) is 33.6 Å². The Bertz CT molecular complexity index is 1350. The SMILES string of the molecule is C=CC(CCNC(=O)OC(C)(C)C)CCNC(=O)OC(C)(C)C.CC(C)(C)OC(=O)CCCC(/C=C/C(CCNC(=O)OC(C)(C)C)CCNC(=O)OC(C)(C)C)CCNC(=O)OC(C)(C)C. The summed E-state index contributed by atoms with van der Waals surface area (Å²) in [6, 6.07) is 0. The van der Waals surface area contributed by atoms with Crippen LogP contribution in [0.1, 0.15) is 176 Å². The second kappa shape index (κ2) is 30.6. The lowest BCUT2D eigenvalue weighted by Crippen LogP contribution is -2.34.